The number of piperidine rings is 2. The van der Waals surface area contributed by atoms with Gasteiger partial charge in [-0.1, -0.05) is 0 Å². The van der Waals surface area contributed by atoms with Crippen LogP contribution in [0.4, 0.5) is 11.5 Å². The van der Waals surface area contributed by atoms with Crippen LogP contribution in [0.1, 0.15) is 67.7 Å². The average molecular weight is 492 g/mol. The largest absolute Gasteiger partial charge is 0.338 e. The second-order valence-electron chi connectivity index (χ2n) is 11.3. The molecule has 36 heavy (non-hydrogen) atoms. The quantitative estimate of drug-likeness (QED) is 0.708. The van der Waals surface area contributed by atoms with Crippen molar-refractivity contribution in [1.82, 2.24) is 29.9 Å². The van der Waals surface area contributed by atoms with E-state index in [4.69, 9.17) is 10.1 Å². The molecule has 0 aromatic carbocycles. The number of carbonyl (C=O) groups excluding carboxylic acids is 1. The van der Waals surface area contributed by atoms with Crippen molar-refractivity contribution < 1.29 is 4.79 Å². The number of aromatic nitrogens is 3. The van der Waals surface area contributed by atoms with Crippen molar-refractivity contribution in [2.45, 2.75) is 71.4 Å². The van der Waals surface area contributed by atoms with E-state index < -0.39 is 0 Å². The SMILES string of the molecule is CC(=O)N1CCc2c(c(N3CCCc4nc(C)ccc43)nn2C2CCN(CC3CCNCC3)CC2)C1. The summed E-state index contributed by atoms with van der Waals surface area (Å²) < 4.78 is 2.37. The molecule has 0 aliphatic carbocycles. The summed E-state index contributed by atoms with van der Waals surface area (Å²) in [5.41, 5.74) is 6.04. The van der Waals surface area contributed by atoms with Gasteiger partial charge in [0.05, 0.1) is 24.0 Å². The number of anilines is 2. The van der Waals surface area contributed by atoms with Crippen molar-refractivity contribution in [1.29, 1.82) is 0 Å². The number of hydrogen-bond donors (Lipinski definition) is 1. The van der Waals surface area contributed by atoms with Gasteiger partial charge in [-0.2, -0.15) is 5.10 Å². The van der Waals surface area contributed by atoms with Crippen molar-refractivity contribution >= 4 is 17.4 Å². The number of rotatable bonds is 4. The molecule has 2 fully saturated rings. The number of hydrogen-bond acceptors (Lipinski definition) is 6. The summed E-state index contributed by atoms with van der Waals surface area (Å²) in [7, 11) is 0. The Morgan fingerprint density at radius 2 is 1.86 bits per heavy atom. The maximum absolute atomic E-state index is 12.3. The molecule has 2 aromatic heterocycles. The highest BCUT2D eigenvalue weighted by Crippen LogP contribution is 2.39. The van der Waals surface area contributed by atoms with Gasteiger partial charge in [0, 0.05) is 63.0 Å². The first-order chi connectivity index (χ1) is 17.6. The predicted octanol–water partition coefficient (Wildman–Crippen LogP) is 3.21. The lowest BCUT2D eigenvalue weighted by atomic mass is 9.95. The molecule has 0 radical (unpaired) electrons. The molecule has 1 amide bonds. The van der Waals surface area contributed by atoms with Gasteiger partial charge in [-0.05, 0) is 76.6 Å². The fourth-order valence-electron chi connectivity index (χ4n) is 6.77. The second kappa shape index (κ2) is 10.1. The molecule has 0 bridgehead atoms. The molecule has 0 atom stereocenters. The van der Waals surface area contributed by atoms with Crippen molar-refractivity contribution in [2.24, 2.45) is 5.92 Å². The Labute approximate surface area is 215 Å². The number of nitrogens with one attached hydrogen (secondary N) is 1. The number of pyridine rings is 1. The lowest BCUT2D eigenvalue weighted by molar-refractivity contribution is -0.129. The van der Waals surface area contributed by atoms with Crippen LogP contribution in [0.25, 0.3) is 0 Å². The summed E-state index contributed by atoms with van der Waals surface area (Å²) in [6.45, 7) is 12.1. The Hall–Kier alpha value is -2.45. The van der Waals surface area contributed by atoms with E-state index in [-0.39, 0.29) is 5.91 Å². The number of amides is 1. The van der Waals surface area contributed by atoms with E-state index in [9.17, 15) is 4.79 Å². The summed E-state index contributed by atoms with van der Waals surface area (Å²) >= 11 is 0. The van der Waals surface area contributed by atoms with Gasteiger partial charge >= 0.3 is 0 Å². The third-order valence-corrected chi connectivity index (χ3v) is 8.82. The zero-order valence-electron chi connectivity index (χ0n) is 22.0. The molecule has 2 saturated heterocycles. The zero-order valence-corrected chi connectivity index (χ0v) is 22.0. The Balaban J connectivity index is 1.26. The summed E-state index contributed by atoms with van der Waals surface area (Å²) in [5, 5.41) is 8.84. The first kappa shape index (κ1) is 23.9. The highest BCUT2D eigenvalue weighted by atomic mass is 16.2. The number of likely N-dealkylation sites (tertiary alicyclic amines) is 1. The van der Waals surface area contributed by atoms with Gasteiger partial charge in [-0.15, -0.1) is 0 Å². The smallest absolute Gasteiger partial charge is 0.219 e. The van der Waals surface area contributed by atoms with Crippen LogP contribution in [-0.2, 0) is 24.2 Å². The molecule has 6 heterocycles. The number of fused-ring (bicyclic) bond motifs is 2. The third-order valence-electron chi connectivity index (χ3n) is 8.82. The Morgan fingerprint density at radius 1 is 1.06 bits per heavy atom. The highest BCUT2D eigenvalue weighted by Gasteiger charge is 2.34. The van der Waals surface area contributed by atoms with E-state index in [1.807, 2.05) is 4.90 Å². The molecule has 0 saturated carbocycles. The van der Waals surface area contributed by atoms with E-state index in [2.05, 4.69) is 38.9 Å². The van der Waals surface area contributed by atoms with Gasteiger partial charge in [0.2, 0.25) is 5.91 Å². The second-order valence-corrected chi connectivity index (χ2v) is 11.3. The molecular formula is C28H41N7O. The topological polar surface area (TPSA) is 69.5 Å². The van der Waals surface area contributed by atoms with Gasteiger partial charge in [0.15, 0.2) is 5.82 Å². The van der Waals surface area contributed by atoms with Crippen molar-refractivity contribution in [3.8, 4) is 0 Å². The van der Waals surface area contributed by atoms with Crippen LogP contribution in [0.15, 0.2) is 12.1 Å². The minimum absolute atomic E-state index is 0.155. The molecule has 4 aliphatic rings. The first-order valence-electron chi connectivity index (χ1n) is 14.1. The van der Waals surface area contributed by atoms with Crippen LogP contribution in [0.3, 0.4) is 0 Å². The molecule has 0 unspecified atom stereocenters. The minimum Gasteiger partial charge on any atom is -0.338 e. The van der Waals surface area contributed by atoms with E-state index in [1.54, 1.807) is 6.92 Å². The maximum atomic E-state index is 12.3. The molecule has 194 valence electrons. The van der Waals surface area contributed by atoms with Gasteiger partial charge < -0.3 is 20.0 Å². The standard InChI is InChI=1S/C28H41N7O/c1-20-5-6-27-25(30-20)4-3-14-34(27)28-24-19-33(21(2)36)17-11-26(24)35(31-28)23-9-15-32(16-10-23)18-22-7-12-29-13-8-22/h5-6,22-23,29H,3-4,7-19H2,1-2H3. The number of nitrogens with zero attached hydrogens (tertiary/aromatic N) is 6. The summed E-state index contributed by atoms with van der Waals surface area (Å²) in [5.74, 6) is 2.06. The fourth-order valence-corrected chi connectivity index (χ4v) is 6.77. The zero-order chi connectivity index (χ0) is 24.6. The molecule has 8 nitrogen and oxygen atoms in total. The van der Waals surface area contributed by atoms with Crippen molar-refractivity contribution in [3.05, 3.63) is 34.8 Å². The molecule has 0 spiro atoms. The van der Waals surface area contributed by atoms with Crippen molar-refractivity contribution in [3.63, 3.8) is 0 Å². The molecule has 6 rings (SSSR count). The van der Waals surface area contributed by atoms with Crippen LogP contribution in [-0.4, -0.2) is 76.3 Å². The molecule has 2 aromatic rings. The Morgan fingerprint density at radius 3 is 2.64 bits per heavy atom. The van der Waals surface area contributed by atoms with E-state index in [0.717, 1.165) is 75.7 Å². The van der Waals surface area contributed by atoms with Gasteiger partial charge in [0.1, 0.15) is 0 Å². The maximum Gasteiger partial charge on any atom is 0.219 e. The summed E-state index contributed by atoms with van der Waals surface area (Å²) in [6.07, 6.45) is 7.94. The van der Waals surface area contributed by atoms with E-state index >= 15 is 0 Å². The van der Waals surface area contributed by atoms with Crippen LogP contribution >= 0.6 is 0 Å². The highest BCUT2D eigenvalue weighted by molar-refractivity contribution is 5.75. The number of carbonyl (C=O) groups is 1. The van der Waals surface area contributed by atoms with Crippen molar-refractivity contribution in [2.75, 3.05) is 50.7 Å². The molecular weight excluding hydrogens is 450 g/mol. The summed E-state index contributed by atoms with van der Waals surface area (Å²) in [4.78, 5) is 24.2. The normalized spacial score (nSPS) is 21.9. The monoisotopic (exact) mass is 491 g/mol. The van der Waals surface area contributed by atoms with Crippen LogP contribution in [0.5, 0.6) is 0 Å². The molecule has 8 heteroatoms. The van der Waals surface area contributed by atoms with Crippen LogP contribution < -0.4 is 10.2 Å². The fraction of sp³-hybridized carbons (Fsp3) is 0.679. The lowest BCUT2D eigenvalue weighted by Crippen LogP contribution is -2.41. The van der Waals surface area contributed by atoms with Gasteiger partial charge in [0.25, 0.3) is 0 Å². The predicted molar refractivity (Wildman–Crippen MR) is 142 cm³/mol. The lowest BCUT2D eigenvalue weighted by Gasteiger charge is -2.36. The molecule has 1 N–H and O–H groups in total. The van der Waals surface area contributed by atoms with Gasteiger partial charge in [-0.25, -0.2) is 0 Å². The average Bonchev–Trinajstić information content (AvgIpc) is 3.28. The minimum atomic E-state index is 0.155. The van der Waals surface area contributed by atoms with E-state index in [1.165, 1.54) is 55.1 Å². The van der Waals surface area contributed by atoms with Gasteiger partial charge in [-0.3, -0.25) is 14.5 Å². The third kappa shape index (κ3) is 4.65. The number of aryl methyl sites for hydroxylation is 2. The van der Waals surface area contributed by atoms with Crippen LogP contribution in [0.2, 0.25) is 0 Å². The Kier molecular flexibility index (Phi) is 6.73. The van der Waals surface area contributed by atoms with E-state index in [0.29, 0.717) is 12.6 Å². The summed E-state index contributed by atoms with van der Waals surface area (Å²) in [6, 6.07) is 4.77. The van der Waals surface area contributed by atoms with Crippen LogP contribution in [0, 0.1) is 12.8 Å². The molecule has 4 aliphatic heterocycles. The Bertz CT molecular complexity index is 1100. The first-order valence-corrected chi connectivity index (χ1v) is 14.1.